The Balaban J connectivity index is 1.27. The highest BCUT2D eigenvalue weighted by Gasteiger charge is 2.22. The second-order valence-corrected chi connectivity index (χ2v) is 11.0. The zero-order valence-corrected chi connectivity index (χ0v) is 24.4. The number of fused-ring (bicyclic) bond motifs is 1. The minimum atomic E-state index is -0.0403. The fourth-order valence-electron chi connectivity index (χ4n) is 5.84. The van der Waals surface area contributed by atoms with E-state index in [1.165, 1.54) is 12.8 Å². The van der Waals surface area contributed by atoms with Crippen LogP contribution in [0.1, 0.15) is 41.6 Å². The molecule has 0 saturated heterocycles. The fraction of sp³-hybridized carbons (Fsp3) is 0.167. The van der Waals surface area contributed by atoms with Crippen molar-refractivity contribution in [2.24, 2.45) is 0 Å². The predicted molar refractivity (Wildman–Crippen MR) is 174 cm³/mol. The van der Waals surface area contributed by atoms with Crippen LogP contribution < -0.4 is 15.4 Å². The average molecular weight is 581 g/mol. The summed E-state index contributed by atoms with van der Waals surface area (Å²) in [6.45, 7) is 0. The first-order valence-corrected chi connectivity index (χ1v) is 14.9. The molecule has 0 spiro atoms. The lowest BCUT2D eigenvalue weighted by Crippen LogP contribution is -2.16. The lowest BCUT2D eigenvalue weighted by molar-refractivity contribution is 0.103. The van der Waals surface area contributed by atoms with Crippen LogP contribution in [-0.4, -0.2) is 38.5 Å². The van der Waals surface area contributed by atoms with Gasteiger partial charge in [0.05, 0.1) is 23.9 Å². The number of carbonyl (C=O) groups is 1. The highest BCUT2D eigenvalue weighted by Crippen LogP contribution is 2.37. The summed E-state index contributed by atoms with van der Waals surface area (Å²) in [6.07, 6.45) is 6.56. The van der Waals surface area contributed by atoms with E-state index in [9.17, 15) is 4.79 Å². The van der Waals surface area contributed by atoms with Crippen molar-refractivity contribution < 1.29 is 9.53 Å². The van der Waals surface area contributed by atoms with Gasteiger partial charge in [-0.25, -0.2) is 14.5 Å². The lowest BCUT2D eigenvalue weighted by atomic mass is 10.0. The summed E-state index contributed by atoms with van der Waals surface area (Å²) in [6, 6.07) is 33.1. The monoisotopic (exact) mass is 580 g/mol. The number of rotatable bonds is 9. The Kier molecular flexibility index (Phi) is 7.46. The van der Waals surface area contributed by atoms with Gasteiger partial charge in [-0.05, 0) is 67.4 Å². The maximum atomic E-state index is 13.1. The highest BCUT2D eigenvalue weighted by molar-refractivity contribution is 6.09. The maximum Gasteiger partial charge on any atom is 0.227 e. The molecule has 1 aliphatic carbocycles. The van der Waals surface area contributed by atoms with Crippen molar-refractivity contribution >= 4 is 28.8 Å². The van der Waals surface area contributed by atoms with E-state index in [2.05, 4.69) is 33.8 Å². The number of ether oxygens (including phenoxy) is 1. The molecule has 3 heterocycles. The molecule has 8 heteroatoms. The van der Waals surface area contributed by atoms with Gasteiger partial charge in [0, 0.05) is 34.6 Å². The minimum Gasteiger partial charge on any atom is -0.497 e. The van der Waals surface area contributed by atoms with Crippen molar-refractivity contribution in [3.05, 3.63) is 120 Å². The van der Waals surface area contributed by atoms with Crippen LogP contribution in [-0.2, 0) is 0 Å². The van der Waals surface area contributed by atoms with Crippen LogP contribution in [0, 0.1) is 0 Å². The summed E-state index contributed by atoms with van der Waals surface area (Å²) in [7, 11) is 1.66. The van der Waals surface area contributed by atoms with Gasteiger partial charge in [0.15, 0.2) is 5.78 Å². The number of ketones is 1. The molecule has 8 nitrogen and oxygen atoms in total. The Bertz CT molecular complexity index is 1930. The predicted octanol–water partition coefficient (Wildman–Crippen LogP) is 7.80. The van der Waals surface area contributed by atoms with E-state index in [4.69, 9.17) is 14.8 Å². The number of pyridine rings is 1. The van der Waals surface area contributed by atoms with Crippen molar-refractivity contribution in [3.8, 4) is 28.3 Å². The molecule has 0 aliphatic heterocycles. The molecule has 1 saturated carbocycles. The lowest BCUT2D eigenvalue weighted by Gasteiger charge is -2.14. The maximum absolute atomic E-state index is 13.1. The van der Waals surface area contributed by atoms with Crippen LogP contribution in [0.15, 0.2) is 109 Å². The molecule has 3 aromatic heterocycles. The zero-order valence-electron chi connectivity index (χ0n) is 24.4. The Morgan fingerprint density at radius 3 is 2.43 bits per heavy atom. The third-order valence-electron chi connectivity index (χ3n) is 8.06. The molecule has 0 bridgehead atoms. The van der Waals surface area contributed by atoms with E-state index in [1.807, 2.05) is 89.4 Å². The first kappa shape index (κ1) is 27.3. The zero-order chi connectivity index (χ0) is 29.9. The fourth-order valence-corrected chi connectivity index (χ4v) is 5.84. The molecule has 1 fully saturated rings. The van der Waals surface area contributed by atoms with Crippen molar-refractivity contribution in [1.82, 2.24) is 19.6 Å². The largest absolute Gasteiger partial charge is 0.497 e. The molecule has 3 aromatic carbocycles. The number of aromatic nitrogens is 4. The van der Waals surface area contributed by atoms with Gasteiger partial charge in [-0.3, -0.25) is 4.79 Å². The number of benzene rings is 3. The third-order valence-corrected chi connectivity index (χ3v) is 8.06. The van der Waals surface area contributed by atoms with E-state index >= 15 is 0 Å². The topological polar surface area (TPSA) is 93.4 Å². The smallest absolute Gasteiger partial charge is 0.227 e. The van der Waals surface area contributed by atoms with Gasteiger partial charge in [-0.15, -0.1) is 0 Å². The molecule has 0 radical (unpaired) electrons. The van der Waals surface area contributed by atoms with E-state index in [-0.39, 0.29) is 5.78 Å². The normalized spacial score (nSPS) is 13.2. The molecule has 0 amide bonds. The molecule has 0 atom stereocenters. The van der Waals surface area contributed by atoms with E-state index in [0.29, 0.717) is 23.1 Å². The summed E-state index contributed by atoms with van der Waals surface area (Å²) >= 11 is 0. The Morgan fingerprint density at radius 1 is 0.864 bits per heavy atom. The summed E-state index contributed by atoms with van der Waals surface area (Å²) in [5.41, 5.74) is 6.31. The van der Waals surface area contributed by atoms with E-state index < -0.39 is 0 Å². The van der Waals surface area contributed by atoms with Gasteiger partial charge in [-0.2, -0.15) is 5.10 Å². The summed E-state index contributed by atoms with van der Waals surface area (Å²) in [5.74, 6) is 2.13. The number of anilines is 3. The molecule has 218 valence electrons. The van der Waals surface area contributed by atoms with Gasteiger partial charge < -0.3 is 15.4 Å². The molecular formula is C36H32N6O2. The molecule has 2 N–H and O–H groups in total. The van der Waals surface area contributed by atoms with Gasteiger partial charge >= 0.3 is 0 Å². The third kappa shape index (κ3) is 5.49. The molecule has 7 rings (SSSR count). The van der Waals surface area contributed by atoms with Crippen LogP contribution in [0.4, 0.5) is 17.5 Å². The molecule has 6 aromatic rings. The SMILES string of the molecule is COc1ccc(-c2nn3c(NC4CCCC4)cccc3c2-c2ccnc(Nc3cccc(C(=O)c4ccccc4)c3)n2)cc1. The molecular weight excluding hydrogens is 548 g/mol. The van der Waals surface area contributed by atoms with Crippen molar-refractivity contribution in [3.63, 3.8) is 0 Å². The first-order chi connectivity index (χ1) is 21.7. The second kappa shape index (κ2) is 12.0. The van der Waals surface area contributed by atoms with Crippen LogP contribution in [0.2, 0.25) is 0 Å². The number of carbonyl (C=O) groups excluding carboxylic acids is 1. The van der Waals surface area contributed by atoms with Gasteiger partial charge in [0.1, 0.15) is 17.3 Å². The van der Waals surface area contributed by atoms with Crippen LogP contribution in [0.5, 0.6) is 5.75 Å². The highest BCUT2D eigenvalue weighted by atomic mass is 16.5. The number of methoxy groups -OCH3 is 1. The molecule has 44 heavy (non-hydrogen) atoms. The minimum absolute atomic E-state index is 0.0403. The summed E-state index contributed by atoms with van der Waals surface area (Å²) in [4.78, 5) is 22.5. The average Bonchev–Trinajstić information content (AvgIpc) is 3.74. The second-order valence-electron chi connectivity index (χ2n) is 11.0. The number of nitrogens with zero attached hydrogens (tertiary/aromatic N) is 4. The summed E-state index contributed by atoms with van der Waals surface area (Å²) in [5, 5.41) is 12.2. The standard InChI is InChI=1S/C36H32N6O2/c1-44-29-19-17-24(18-20-29)34-33(31-15-8-16-32(42(31)41-34)38-27-12-5-6-13-27)30-21-22-37-36(40-30)39-28-14-7-11-26(23-28)35(43)25-9-3-2-4-10-25/h2-4,7-11,14-23,27,38H,5-6,12-13H2,1H3,(H,37,39,40). The van der Waals surface area contributed by atoms with Crippen molar-refractivity contribution in [2.45, 2.75) is 31.7 Å². The molecule has 1 aliphatic rings. The summed E-state index contributed by atoms with van der Waals surface area (Å²) < 4.78 is 7.39. The van der Waals surface area contributed by atoms with Crippen LogP contribution in [0.25, 0.3) is 28.0 Å². The Morgan fingerprint density at radius 2 is 1.64 bits per heavy atom. The first-order valence-electron chi connectivity index (χ1n) is 14.9. The van der Waals surface area contributed by atoms with Gasteiger partial charge in [0.2, 0.25) is 5.95 Å². The number of nitrogens with one attached hydrogen (secondary N) is 2. The van der Waals surface area contributed by atoms with Crippen LogP contribution in [0.3, 0.4) is 0 Å². The molecule has 0 unspecified atom stereocenters. The number of hydrogen-bond donors (Lipinski definition) is 2. The quantitative estimate of drug-likeness (QED) is 0.169. The Labute approximate surface area is 255 Å². The number of hydrogen-bond acceptors (Lipinski definition) is 7. The van der Waals surface area contributed by atoms with Gasteiger partial charge in [0.25, 0.3) is 0 Å². The Hall–Kier alpha value is -5.50. The van der Waals surface area contributed by atoms with Crippen molar-refractivity contribution in [2.75, 3.05) is 17.7 Å². The van der Waals surface area contributed by atoms with E-state index in [1.54, 1.807) is 13.3 Å². The van der Waals surface area contributed by atoms with Crippen molar-refractivity contribution in [1.29, 1.82) is 0 Å². The van der Waals surface area contributed by atoms with Crippen LogP contribution >= 0.6 is 0 Å². The van der Waals surface area contributed by atoms with E-state index in [0.717, 1.165) is 58.1 Å². The van der Waals surface area contributed by atoms with Gasteiger partial charge in [-0.1, -0.05) is 61.4 Å².